The summed E-state index contributed by atoms with van der Waals surface area (Å²) in [4.78, 5) is 17.7. The number of carbonyl (C=O) groups is 1. The second-order valence-corrected chi connectivity index (χ2v) is 6.53. The van der Waals surface area contributed by atoms with Crippen molar-refractivity contribution in [3.8, 4) is 5.69 Å². The molecule has 1 unspecified atom stereocenters. The molecule has 140 valence electrons. The first-order chi connectivity index (χ1) is 12.2. The molecule has 0 spiro atoms. The van der Waals surface area contributed by atoms with Crippen LogP contribution in [0.15, 0.2) is 24.3 Å². The molecule has 2 N–H and O–H groups in total. The summed E-state index contributed by atoms with van der Waals surface area (Å²) < 4.78 is 40.5. The van der Waals surface area contributed by atoms with Gasteiger partial charge < -0.3 is 10.6 Å². The number of hydrogen-bond acceptors (Lipinski definition) is 4. The van der Waals surface area contributed by atoms with Crippen LogP contribution >= 0.6 is 0 Å². The fraction of sp³-hybridized carbons (Fsp3) is 0.471. The standard InChI is InChI=1S/C17H20F3N5O/c1-24-7-3-6-12(24)9-16-22-15(10-14(21)26)23-25(16)13-5-2-4-11(8-13)17(18,19)20/h2,4-5,8,12H,3,6-7,9-10H2,1H3,(H2,21,26). The maximum Gasteiger partial charge on any atom is 0.416 e. The number of rotatable bonds is 5. The highest BCUT2D eigenvalue weighted by molar-refractivity contribution is 5.75. The smallest absolute Gasteiger partial charge is 0.369 e. The van der Waals surface area contributed by atoms with Gasteiger partial charge in [-0.2, -0.15) is 18.3 Å². The van der Waals surface area contributed by atoms with Gasteiger partial charge in [-0.15, -0.1) is 0 Å². The van der Waals surface area contributed by atoms with Crippen LogP contribution in [-0.4, -0.2) is 45.2 Å². The monoisotopic (exact) mass is 367 g/mol. The fourth-order valence-electron chi connectivity index (χ4n) is 3.22. The maximum absolute atomic E-state index is 13.0. The van der Waals surface area contributed by atoms with Crippen molar-refractivity contribution >= 4 is 5.91 Å². The predicted molar refractivity (Wildman–Crippen MR) is 88.6 cm³/mol. The Balaban J connectivity index is 1.98. The van der Waals surface area contributed by atoms with E-state index >= 15 is 0 Å². The van der Waals surface area contributed by atoms with Gasteiger partial charge in [0.2, 0.25) is 5.91 Å². The van der Waals surface area contributed by atoms with E-state index in [9.17, 15) is 18.0 Å². The largest absolute Gasteiger partial charge is 0.416 e. The molecule has 2 aromatic rings. The molecule has 1 amide bonds. The van der Waals surface area contributed by atoms with E-state index in [1.807, 2.05) is 7.05 Å². The van der Waals surface area contributed by atoms with Crippen molar-refractivity contribution in [2.24, 2.45) is 5.73 Å². The third kappa shape index (κ3) is 4.04. The van der Waals surface area contributed by atoms with Gasteiger partial charge in [-0.25, -0.2) is 9.67 Å². The van der Waals surface area contributed by atoms with Crippen molar-refractivity contribution in [2.75, 3.05) is 13.6 Å². The van der Waals surface area contributed by atoms with E-state index in [2.05, 4.69) is 15.0 Å². The number of nitrogens with two attached hydrogens (primary N) is 1. The molecule has 0 radical (unpaired) electrons. The Morgan fingerprint density at radius 2 is 2.15 bits per heavy atom. The van der Waals surface area contributed by atoms with Gasteiger partial charge in [0, 0.05) is 12.5 Å². The Bertz CT molecular complexity index is 802. The van der Waals surface area contributed by atoms with Crippen molar-refractivity contribution in [3.63, 3.8) is 0 Å². The lowest BCUT2D eigenvalue weighted by atomic mass is 10.1. The van der Waals surface area contributed by atoms with E-state index in [1.165, 1.54) is 10.7 Å². The molecule has 0 bridgehead atoms. The summed E-state index contributed by atoms with van der Waals surface area (Å²) >= 11 is 0. The van der Waals surface area contributed by atoms with E-state index < -0.39 is 17.6 Å². The van der Waals surface area contributed by atoms with Gasteiger partial charge in [0.25, 0.3) is 0 Å². The zero-order valence-electron chi connectivity index (χ0n) is 14.3. The van der Waals surface area contributed by atoms with Gasteiger partial charge in [0.15, 0.2) is 5.82 Å². The molecule has 1 atom stereocenters. The number of alkyl halides is 3. The minimum Gasteiger partial charge on any atom is -0.369 e. The predicted octanol–water partition coefficient (Wildman–Crippen LogP) is 1.95. The number of aromatic nitrogens is 3. The highest BCUT2D eigenvalue weighted by Crippen LogP contribution is 2.30. The molecule has 26 heavy (non-hydrogen) atoms. The van der Waals surface area contributed by atoms with Crippen molar-refractivity contribution in [1.82, 2.24) is 19.7 Å². The topological polar surface area (TPSA) is 77.0 Å². The van der Waals surface area contributed by atoms with Gasteiger partial charge in [0.05, 0.1) is 17.7 Å². The second-order valence-electron chi connectivity index (χ2n) is 6.53. The number of carbonyl (C=O) groups excluding carboxylic acids is 1. The minimum atomic E-state index is -4.45. The van der Waals surface area contributed by atoms with Gasteiger partial charge in [-0.1, -0.05) is 6.07 Å². The summed E-state index contributed by atoms with van der Waals surface area (Å²) in [5, 5.41) is 4.23. The van der Waals surface area contributed by atoms with Crippen molar-refractivity contribution in [1.29, 1.82) is 0 Å². The van der Waals surface area contributed by atoms with Crippen LogP contribution in [0.4, 0.5) is 13.2 Å². The summed E-state index contributed by atoms with van der Waals surface area (Å²) in [7, 11) is 2.01. The number of likely N-dealkylation sites (tertiary alicyclic amines) is 1. The molecule has 1 saturated heterocycles. The Morgan fingerprint density at radius 3 is 2.77 bits per heavy atom. The molecule has 0 saturated carbocycles. The number of primary amides is 1. The lowest BCUT2D eigenvalue weighted by Gasteiger charge is -2.19. The lowest BCUT2D eigenvalue weighted by Crippen LogP contribution is -2.28. The molecule has 1 aliphatic rings. The zero-order chi connectivity index (χ0) is 18.9. The number of halogens is 3. The Morgan fingerprint density at radius 1 is 1.38 bits per heavy atom. The lowest BCUT2D eigenvalue weighted by molar-refractivity contribution is -0.137. The highest BCUT2D eigenvalue weighted by atomic mass is 19.4. The van der Waals surface area contributed by atoms with E-state index in [0.717, 1.165) is 31.5 Å². The number of amides is 1. The molecule has 0 aliphatic carbocycles. The van der Waals surface area contributed by atoms with E-state index in [4.69, 9.17) is 5.73 Å². The van der Waals surface area contributed by atoms with Crippen LogP contribution in [0.2, 0.25) is 0 Å². The molecular formula is C17H20F3N5O. The summed E-state index contributed by atoms with van der Waals surface area (Å²) in [6.07, 6.45) is -2.01. The molecule has 6 nitrogen and oxygen atoms in total. The average Bonchev–Trinajstić information content (AvgIpc) is 3.13. The van der Waals surface area contributed by atoms with Crippen LogP contribution in [0.1, 0.15) is 30.1 Å². The zero-order valence-corrected chi connectivity index (χ0v) is 14.3. The average molecular weight is 367 g/mol. The normalized spacial score (nSPS) is 18.4. The third-order valence-electron chi connectivity index (χ3n) is 4.56. The molecule has 9 heteroatoms. The maximum atomic E-state index is 13.0. The molecular weight excluding hydrogens is 347 g/mol. The summed E-state index contributed by atoms with van der Waals surface area (Å²) in [6, 6.07) is 5.16. The fourth-order valence-corrected chi connectivity index (χ4v) is 3.22. The van der Waals surface area contributed by atoms with Gasteiger partial charge >= 0.3 is 6.18 Å². The first-order valence-electron chi connectivity index (χ1n) is 8.35. The Kier molecular flexibility index (Phi) is 4.99. The molecule has 1 aromatic carbocycles. The van der Waals surface area contributed by atoms with Gasteiger partial charge in [0.1, 0.15) is 5.82 Å². The number of benzene rings is 1. The summed E-state index contributed by atoms with van der Waals surface area (Å²) in [5.74, 6) is 0.153. The van der Waals surface area contributed by atoms with Crippen LogP contribution in [0.3, 0.4) is 0 Å². The second kappa shape index (κ2) is 7.06. The van der Waals surface area contributed by atoms with Crippen LogP contribution in [0.25, 0.3) is 5.69 Å². The van der Waals surface area contributed by atoms with Crippen LogP contribution < -0.4 is 5.73 Å². The Hall–Kier alpha value is -2.42. The first-order valence-corrected chi connectivity index (χ1v) is 8.35. The van der Waals surface area contributed by atoms with Crippen molar-refractivity contribution in [3.05, 3.63) is 41.5 Å². The minimum absolute atomic E-state index is 0.153. The van der Waals surface area contributed by atoms with Crippen molar-refractivity contribution in [2.45, 2.75) is 37.9 Å². The summed E-state index contributed by atoms with van der Waals surface area (Å²) in [6.45, 7) is 0.969. The van der Waals surface area contributed by atoms with Crippen LogP contribution in [-0.2, 0) is 23.8 Å². The van der Waals surface area contributed by atoms with E-state index in [0.29, 0.717) is 12.2 Å². The van der Waals surface area contributed by atoms with Crippen molar-refractivity contribution < 1.29 is 18.0 Å². The van der Waals surface area contributed by atoms with Crippen LogP contribution in [0.5, 0.6) is 0 Å². The molecule has 3 rings (SSSR count). The number of likely N-dealkylation sites (N-methyl/N-ethyl adjacent to an activating group) is 1. The SMILES string of the molecule is CN1CCCC1Cc1nc(CC(N)=O)nn1-c1cccc(C(F)(F)F)c1. The third-order valence-corrected chi connectivity index (χ3v) is 4.56. The number of nitrogens with zero attached hydrogens (tertiary/aromatic N) is 4. The molecule has 2 heterocycles. The highest BCUT2D eigenvalue weighted by Gasteiger charge is 2.31. The molecule has 1 fully saturated rings. The Labute approximate surface area is 148 Å². The van der Waals surface area contributed by atoms with E-state index in [-0.39, 0.29) is 24.0 Å². The summed E-state index contributed by atoms with van der Waals surface area (Å²) in [5.41, 5.74) is 4.71. The van der Waals surface area contributed by atoms with Crippen LogP contribution in [0, 0.1) is 0 Å². The molecule has 1 aromatic heterocycles. The van der Waals surface area contributed by atoms with Gasteiger partial charge in [-0.3, -0.25) is 4.79 Å². The van der Waals surface area contributed by atoms with E-state index in [1.54, 1.807) is 6.07 Å². The quantitative estimate of drug-likeness (QED) is 0.876. The molecule has 1 aliphatic heterocycles. The first kappa shape index (κ1) is 18.4. The van der Waals surface area contributed by atoms with Gasteiger partial charge in [-0.05, 0) is 44.6 Å². The number of hydrogen-bond donors (Lipinski definition) is 1.